The number of hydrogen-bond acceptors (Lipinski definition) is 1. The Balaban J connectivity index is 1.54. The number of allylic oxidation sites excluding steroid dienone is 3. The summed E-state index contributed by atoms with van der Waals surface area (Å²) in [4.78, 5) is 0. The Morgan fingerprint density at radius 2 is 1.81 bits per heavy atom. The molecule has 1 heterocycles. The van der Waals surface area contributed by atoms with Crippen LogP contribution in [0.1, 0.15) is 48.6 Å². The van der Waals surface area contributed by atoms with Gasteiger partial charge in [0.05, 0.1) is 27.9 Å². The van der Waals surface area contributed by atoms with Gasteiger partial charge in [-0.3, -0.25) is 3.93 Å². The third-order valence-corrected chi connectivity index (χ3v) is 7.48. The minimum absolute atomic E-state index is 0.351. The molecule has 136 valence electrons. The van der Waals surface area contributed by atoms with Gasteiger partial charge in [0.15, 0.2) is 0 Å². The summed E-state index contributed by atoms with van der Waals surface area (Å²) in [6.45, 7) is 9.05. The van der Waals surface area contributed by atoms with E-state index in [2.05, 4.69) is 90.2 Å². The summed E-state index contributed by atoms with van der Waals surface area (Å²) >= 11 is 3.86. The van der Waals surface area contributed by atoms with Crippen molar-refractivity contribution in [2.45, 2.75) is 46.6 Å². The van der Waals surface area contributed by atoms with E-state index in [0.717, 1.165) is 12.8 Å². The second-order valence-corrected chi connectivity index (χ2v) is 8.98. The van der Waals surface area contributed by atoms with Crippen molar-refractivity contribution < 1.29 is 0 Å². The molecule has 1 atom stereocenters. The van der Waals surface area contributed by atoms with Gasteiger partial charge in [-0.25, -0.2) is 0 Å². The highest BCUT2D eigenvalue weighted by atomic mass is 79.9. The van der Waals surface area contributed by atoms with Crippen LogP contribution in [-0.4, -0.2) is 6.04 Å². The van der Waals surface area contributed by atoms with E-state index in [1.165, 1.54) is 61.4 Å². The van der Waals surface area contributed by atoms with Crippen molar-refractivity contribution in [2.75, 3.05) is 3.93 Å². The molecule has 0 aromatic heterocycles. The number of benzene rings is 2. The molecule has 1 unspecified atom stereocenters. The highest BCUT2D eigenvalue weighted by molar-refractivity contribution is 9.10. The molecule has 0 N–H and O–H groups in total. The topological polar surface area (TPSA) is 3.24 Å². The predicted octanol–water partition coefficient (Wildman–Crippen LogP) is 6.80. The van der Waals surface area contributed by atoms with Crippen molar-refractivity contribution >= 4 is 33.5 Å². The van der Waals surface area contributed by atoms with Crippen LogP contribution in [0.2, 0.25) is 0 Å². The Kier molecular flexibility index (Phi) is 3.77. The fraction of sp³-hybridized carbons (Fsp3) is 0.280. The molecular formula is C25H24BrN. The smallest absolute Gasteiger partial charge is 0.0879 e. The first-order valence-electron chi connectivity index (χ1n) is 9.70. The van der Waals surface area contributed by atoms with Gasteiger partial charge in [-0.1, -0.05) is 35.9 Å². The van der Waals surface area contributed by atoms with Crippen molar-refractivity contribution in [3.05, 3.63) is 86.5 Å². The van der Waals surface area contributed by atoms with E-state index in [1.54, 1.807) is 0 Å². The summed E-state index contributed by atoms with van der Waals surface area (Å²) in [7, 11) is 0. The molecule has 0 saturated heterocycles. The highest BCUT2D eigenvalue weighted by Gasteiger charge is 2.40. The third-order valence-electron chi connectivity index (χ3n) is 6.69. The summed E-state index contributed by atoms with van der Waals surface area (Å²) < 4.78 is 2.29. The van der Waals surface area contributed by atoms with Gasteiger partial charge in [-0.2, -0.15) is 0 Å². The molecule has 0 spiro atoms. The van der Waals surface area contributed by atoms with Gasteiger partial charge in [0.1, 0.15) is 0 Å². The van der Waals surface area contributed by atoms with Crippen LogP contribution in [0.25, 0.3) is 11.6 Å². The minimum Gasteiger partial charge on any atom is -0.297 e. The maximum Gasteiger partial charge on any atom is 0.0879 e. The molecule has 27 heavy (non-hydrogen) atoms. The third kappa shape index (κ3) is 2.42. The fourth-order valence-electron chi connectivity index (χ4n) is 4.93. The molecule has 0 radical (unpaired) electrons. The fourth-order valence-corrected chi connectivity index (χ4v) is 5.73. The van der Waals surface area contributed by atoms with E-state index >= 15 is 0 Å². The highest BCUT2D eigenvalue weighted by Crippen LogP contribution is 2.52. The lowest BCUT2D eigenvalue weighted by Crippen LogP contribution is -2.21. The van der Waals surface area contributed by atoms with Crippen molar-refractivity contribution in [3.8, 4) is 0 Å². The van der Waals surface area contributed by atoms with Crippen LogP contribution in [0.15, 0.2) is 58.7 Å². The number of aryl methyl sites for hydroxylation is 1. The van der Waals surface area contributed by atoms with E-state index in [0.29, 0.717) is 6.04 Å². The summed E-state index contributed by atoms with van der Waals surface area (Å²) in [5, 5.41) is 0. The number of hydrogen-bond donors (Lipinski definition) is 0. The van der Waals surface area contributed by atoms with E-state index in [4.69, 9.17) is 0 Å². The van der Waals surface area contributed by atoms with Gasteiger partial charge in [-0.05, 0) is 97.2 Å². The molecule has 0 bridgehead atoms. The lowest BCUT2D eigenvalue weighted by Gasteiger charge is -2.20. The van der Waals surface area contributed by atoms with Crippen molar-refractivity contribution in [1.82, 2.24) is 0 Å². The first-order chi connectivity index (χ1) is 13.0. The van der Waals surface area contributed by atoms with Crippen LogP contribution in [0.3, 0.4) is 0 Å². The zero-order chi connectivity index (χ0) is 18.9. The molecule has 3 aliphatic rings. The summed E-state index contributed by atoms with van der Waals surface area (Å²) in [5.41, 5.74) is 15.8. The van der Waals surface area contributed by atoms with Crippen molar-refractivity contribution in [3.63, 3.8) is 0 Å². The van der Waals surface area contributed by atoms with Crippen LogP contribution in [0, 0.1) is 6.92 Å². The van der Waals surface area contributed by atoms with Gasteiger partial charge in [0, 0.05) is 5.56 Å². The number of nitrogens with zero attached hydrogens (tertiary/aromatic N) is 1. The SMILES string of the molecule is CC1=C(C)C2C(=C1C)c1cc(CC3=Cc4ccccc4C3)c(C)cc1N2Br. The first kappa shape index (κ1) is 17.1. The molecule has 2 heteroatoms. The molecule has 1 nitrogen and oxygen atoms in total. The zero-order valence-corrected chi connectivity index (χ0v) is 17.9. The van der Waals surface area contributed by atoms with Crippen molar-refractivity contribution in [2.24, 2.45) is 0 Å². The monoisotopic (exact) mass is 417 g/mol. The van der Waals surface area contributed by atoms with E-state index in [-0.39, 0.29) is 0 Å². The molecular weight excluding hydrogens is 394 g/mol. The largest absolute Gasteiger partial charge is 0.297 e. The lowest BCUT2D eigenvalue weighted by molar-refractivity contribution is 1.01. The average Bonchev–Trinajstić information content (AvgIpc) is 3.25. The Morgan fingerprint density at radius 3 is 2.59 bits per heavy atom. The summed E-state index contributed by atoms with van der Waals surface area (Å²) in [6.07, 6.45) is 4.51. The van der Waals surface area contributed by atoms with Gasteiger partial charge in [0.25, 0.3) is 0 Å². The molecule has 2 aromatic carbocycles. The van der Waals surface area contributed by atoms with Crippen LogP contribution in [0.4, 0.5) is 5.69 Å². The molecule has 2 aliphatic carbocycles. The number of rotatable bonds is 2. The Morgan fingerprint density at radius 1 is 1.04 bits per heavy atom. The predicted molar refractivity (Wildman–Crippen MR) is 119 cm³/mol. The Hall–Kier alpha value is -2.06. The quantitative estimate of drug-likeness (QED) is 0.485. The molecule has 0 saturated carbocycles. The maximum atomic E-state index is 3.86. The maximum absolute atomic E-state index is 3.86. The number of fused-ring (bicyclic) bond motifs is 4. The zero-order valence-electron chi connectivity index (χ0n) is 16.4. The molecule has 1 aliphatic heterocycles. The second kappa shape index (κ2) is 5.97. The van der Waals surface area contributed by atoms with Crippen LogP contribution in [-0.2, 0) is 12.8 Å². The molecule has 0 amide bonds. The Labute approximate surface area is 170 Å². The first-order valence-corrected chi connectivity index (χ1v) is 10.4. The normalized spacial score (nSPS) is 20.3. The molecule has 2 aromatic rings. The summed E-state index contributed by atoms with van der Waals surface area (Å²) in [6, 6.07) is 13.9. The van der Waals surface area contributed by atoms with Crippen LogP contribution < -0.4 is 3.93 Å². The van der Waals surface area contributed by atoms with Gasteiger partial charge in [-0.15, -0.1) is 0 Å². The van der Waals surface area contributed by atoms with Crippen molar-refractivity contribution in [1.29, 1.82) is 0 Å². The molecule has 0 fully saturated rings. The van der Waals surface area contributed by atoms with Crippen LogP contribution in [0.5, 0.6) is 0 Å². The van der Waals surface area contributed by atoms with Gasteiger partial charge in [0.2, 0.25) is 0 Å². The second-order valence-electron chi connectivity index (χ2n) is 8.21. The standard InChI is InChI=1S/C25H24BrN/c1-14-9-23-22(24-16(3)15(2)17(4)25(24)27(23)26)13-21(14)12-18-10-19-7-5-6-8-20(19)11-18/h5-10,13,25H,11-12H2,1-4H3. The van der Waals surface area contributed by atoms with E-state index in [9.17, 15) is 0 Å². The lowest BCUT2D eigenvalue weighted by atomic mass is 9.93. The minimum atomic E-state index is 0.351. The van der Waals surface area contributed by atoms with E-state index in [1.807, 2.05) is 0 Å². The van der Waals surface area contributed by atoms with Crippen LogP contribution >= 0.6 is 16.1 Å². The number of anilines is 1. The van der Waals surface area contributed by atoms with E-state index < -0.39 is 0 Å². The van der Waals surface area contributed by atoms with Gasteiger partial charge < -0.3 is 0 Å². The average molecular weight is 418 g/mol. The van der Waals surface area contributed by atoms with Gasteiger partial charge >= 0.3 is 0 Å². The Bertz CT molecular complexity index is 1080. The summed E-state index contributed by atoms with van der Waals surface area (Å²) in [5.74, 6) is 0. The molecule has 5 rings (SSSR count). The number of halogens is 1.